The van der Waals surface area contributed by atoms with E-state index in [2.05, 4.69) is 15.7 Å². The topological polar surface area (TPSA) is 76.0 Å². The molecule has 1 unspecified atom stereocenters. The average Bonchev–Trinajstić information content (AvgIpc) is 3.17. The van der Waals surface area contributed by atoms with Crippen molar-refractivity contribution in [2.24, 2.45) is 0 Å². The Kier molecular flexibility index (Phi) is 4.60. The number of hydrogen-bond acceptors (Lipinski definition) is 3. The number of carbonyl (C=O) groups excluding carboxylic acids is 2. The standard InChI is InChI=1S/C20H16ClFN4O2/c1-11-5-6-16(15(22)7-11)24-18(27)9-17-20(28)25-19-14(10-23-26(17)19)12-3-2-4-13(21)8-12/h2-8,10,17H,9H2,1H3,(H,24,27)(H,25,28). The van der Waals surface area contributed by atoms with Gasteiger partial charge in [-0.3, -0.25) is 9.59 Å². The lowest BCUT2D eigenvalue weighted by molar-refractivity contribution is -0.123. The van der Waals surface area contributed by atoms with Crippen LogP contribution in [0.2, 0.25) is 5.02 Å². The first kappa shape index (κ1) is 18.2. The van der Waals surface area contributed by atoms with Crippen molar-refractivity contribution in [3.8, 4) is 11.1 Å². The van der Waals surface area contributed by atoms with E-state index in [1.54, 1.807) is 37.4 Å². The van der Waals surface area contributed by atoms with Crippen molar-refractivity contribution in [2.45, 2.75) is 19.4 Å². The van der Waals surface area contributed by atoms with Crippen molar-refractivity contribution in [2.75, 3.05) is 10.6 Å². The van der Waals surface area contributed by atoms with E-state index >= 15 is 0 Å². The van der Waals surface area contributed by atoms with Crippen molar-refractivity contribution >= 4 is 34.9 Å². The molecule has 2 heterocycles. The number of carbonyl (C=O) groups is 2. The summed E-state index contributed by atoms with van der Waals surface area (Å²) in [6.07, 6.45) is 1.45. The zero-order chi connectivity index (χ0) is 19.8. The summed E-state index contributed by atoms with van der Waals surface area (Å²) in [5, 5.41) is 10.1. The third-order valence-electron chi connectivity index (χ3n) is 4.55. The van der Waals surface area contributed by atoms with E-state index in [1.165, 1.54) is 16.8 Å². The van der Waals surface area contributed by atoms with Crippen molar-refractivity contribution in [3.63, 3.8) is 0 Å². The SMILES string of the molecule is Cc1ccc(NC(=O)CC2C(=O)Nc3c(-c4cccc(Cl)c4)cnn32)c(F)c1. The number of rotatable bonds is 4. The summed E-state index contributed by atoms with van der Waals surface area (Å²) in [5.74, 6) is -0.833. The summed E-state index contributed by atoms with van der Waals surface area (Å²) in [6, 6.07) is 10.9. The quantitative estimate of drug-likeness (QED) is 0.692. The van der Waals surface area contributed by atoms with Gasteiger partial charge in [-0.25, -0.2) is 9.07 Å². The molecule has 1 aliphatic heterocycles. The van der Waals surface area contributed by atoms with Crippen LogP contribution in [-0.4, -0.2) is 21.6 Å². The molecular weight excluding hydrogens is 383 g/mol. The van der Waals surface area contributed by atoms with Crippen LogP contribution in [-0.2, 0) is 9.59 Å². The van der Waals surface area contributed by atoms with Gasteiger partial charge in [0.15, 0.2) is 0 Å². The number of nitrogens with one attached hydrogen (secondary N) is 2. The third-order valence-corrected chi connectivity index (χ3v) is 4.78. The highest BCUT2D eigenvalue weighted by Crippen LogP contribution is 2.36. The Morgan fingerprint density at radius 3 is 2.89 bits per heavy atom. The molecule has 0 saturated carbocycles. The number of benzene rings is 2. The van der Waals surface area contributed by atoms with E-state index in [9.17, 15) is 14.0 Å². The first-order valence-corrected chi connectivity index (χ1v) is 9.00. The number of anilines is 2. The maximum atomic E-state index is 13.9. The van der Waals surface area contributed by atoms with E-state index < -0.39 is 17.8 Å². The van der Waals surface area contributed by atoms with E-state index in [0.717, 1.165) is 11.1 Å². The Hall–Kier alpha value is -3.19. The van der Waals surface area contributed by atoms with Crippen LogP contribution in [0.3, 0.4) is 0 Å². The molecule has 2 N–H and O–H groups in total. The summed E-state index contributed by atoms with van der Waals surface area (Å²) in [7, 11) is 0. The minimum Gasteiger partial charge on any atom is -0.324 e. The fourth-order valence-corrected chi connectivity index (χ4v) is 3.37. The Labute approximate surface area is 165 Å². The number of aromatic nitrogens is 2. The lowest BCUT2D eigenvalue weighted by Gasteiger charge is -2.10. The third kappa shape index (κ3) is 3.36. The van der Waals surface area contributed by atoms with Gasteiger partial charge in [0.05, 0.1) is 18.3 Å². The van der Waals surface area contributed by atoms with Gasteiger partial charge < -0.3 is 10.6 Å². The van der Waals surface area contributed by atoms with Crippen LogP contribution >= 0.6 is 11.6 Å². The molecule has 142 valence electrons. The Morgan fingerprint density at radius 2 is 2.14 bits per heavy atom. The fraction of sp³-hybridized carbons (Fsp3) is 0.150. The Morgan fingerprint density at radius 1 is 1.32 bits per heavy atom. The average molecular weight is 399 g/mol. The molecule has 1 atom stereocenters. The zero-order valence-electron chi connectivity index (χ0n) is 14.9. The van der Waals surface area contributed by atoms with Gasteiger partial charge in [0.25, 0.3) is 5.91 Å². The number of amides is 2. The van der Waals surface area contributed by atoms with Crippen LogP contribution in [0.1, 0.15) is 18.0 Å². The van der Waals surface area contributed by atoms with Crippen LogP contribution in [0.5, 0.6) is 0 Å². The highest BCUT2D eigenvalue weighted by atomic mass is 35.5. The molecule has 2 aromatic carbocycles. The first-order chi connectivity index (χ1) is 13.4. The van der Waals surface area contributed by atoms with Gasteiger partial charge in [-0.15, -0.1) is 0 Å². The maximum absolute atomic E-state index is 13.9. The molecule has 0 spiro atoms. The number of fused-ring (bicyclic) bond motifs is 1. The number of hydrogen-bond donors (Lipinski definition) is 2. The fourth-order valence-electron chi connectivity index (χ4n) is 3.18. The minimum absolute atomic E-state index is 0.0781. The lowest BCUT2D eigenvalue weighted by Crippen LogP contribution is -2.23. The van der Waals surface area contributed by atoms with Gasteiger partial charge in [0.2, 0.25) is 5.91 Å². The molecule has 0 fully saturated rings. The van der Waals surface area contributed by atoms with E-state index in [0.29, 0.717) is 16.4 Å². The molecule has 6 nitrogen and oxygen atoms in total. The Balaban J connectivity index is 1.54. The van der Waals surface area contributed by atoms with Crippen LogP contribution in [0.15, 0.2) is 48.7 Å². The van der Waals surface area contributed by atoms with E-state index in [1.807, 2.05) is 6.07 Å². The van der Waals surface area contributed by atoms with Crippen LogP contribution in [0.25, 0.3) is 11.1 Å². The summed E-state index contributed by atoms with van der Waals surface area (Å²) >= 11 is 6.04. The second kappa shape index (κ2) is 7.09. The minimum atomic E-state index is -0.809. The Bertz CT molecular complexity index is 1100. The molecule has 0 saturated heterocycles. The number of nitrogens with zero attached hydrogens (tertiary/aromatic N) is 2. The van der Waals surface area contributed by atoms with Crippen molar-refractivity contribution in [1.82, 2.24) is 9.78 Å². The van der Waals surface area contributed by atoms with Crippen LogP contribution in [0.4, 0.5) is 15.9 Å². The molecule has 0 aliphatic carbocycles. The molecule has 8 heteroatoms. The predicted octanol–water partition coefficient (Wildman–Crippen LogP) is 4.17. The molecule has 1 aliphatic rings. The molecule has 4 rings (SSSR count). The highest BCUT2D eigenvalue weighted by Gasteiger charge is 2.35. The van der Waals surface area contributed by atoms with E-state index in [4.69, 9.17) is 11.6 Å². The summed E-state index contributed by atoms with van der Waals surface area (Å²) in [6.45, 7) is 1.76. The smallest absolute Gasteiger partial charge is 0.251 e. The maximum Gasteiger partial charge on any atom is 0.251 e. The zero-order valence-corrected chi connectivity index (χ0v) is 15.6. The first-order valence-electron chi connectivity index (χ1n) is 8.62. The van der Waals surface area contributed by atoms with Gasteiger partial charge in [0, 0.05) is 10.6 Å². The summed E-state index contributed by atoms with van der Waals surface area (Å²) < 4.78 is 15.4. The summed E-state index contributed by atoms with van der Waals surface area (Å²) in [5.41, 5.74) is 2.35. The van der Waals surface area contributed by atoms with Gasteiger partial charge in [-0.05, 0) is 42.3 Å². The predicted molar refractivity (Wildman–Crippen MR) is 105 cm³/mol. The van der Waals surface area contributed by atoms with Gasteiger partial charge >= 0.3 is 0 Å². The molecule has 28 heavy (non-hydrogen) atoms. The van der Waals surface area contributed by atoms with Crippen LogP contribution in [0, 0.1) is 12.7 Å². The molecule has 0 bridgehead atoms. The molecule has 2 amide bonds. The molecule has 0 radical (unpaired) electrons. The highest BCUT2D eigenvalue weighted by molar-refractivity contribution is 6.30. The van der Waals surface area contributed by atoms with E-state index in [-0.39, 0.29) is 18.0 Å². The van der Waals surface area contributed by atoms with Gasteiger partial charge in [0.1, 0.15) is 17.7 Å². The largest absolute Gasteiger partial charge is 0.324 e. The van der Waals surface area contributed by atoms with Gasteiger partial charge in [-0.1, -0.05) is 29.8 Å². The number of halogens is 2. The van der Waals surface area contributed by atoms with Crippen LogP contribution < -0.4 is 10.6 Å². The second-order valence-electron chi connectivity index (χ2n) is 6.60. The number of aryl methyl sites for hydroxylation is 1. The molecular formula is C20H16ClFN4O2. The normalized spacial score (nSPS) is 15.2. The van der Waals surface area contributed by atoms with Crippen molar-refractivity contribution in [3.05, 3.63) is 65.1 Å². The van der Waals surface area contributed by atoms with Gasteiger partial charge in [-0.2, -0.15) is 5.10 Å². The van der Waals surface area contributed by atoms with Crippen molar-refractivity contribution in [1.29, 1.82) is 0 Å². The monoisotopic (exact) mass is 398 g/mol. The van der Waals surface area contributed by atoms with Crippen molar-refractivity contribution < 1.29 is 14.0 Å². The molecule has 1 aromatic heterocycles. The molecule has 3 aromatic rings. The summed E-state index contributed by atoms with van der Waals surface area (Å²) in [4.78, 5) is 24.8. The second-order valence-corrected chi connectivity index (χ2v) is 7.04. The lowest BCUT2D eigenvalue weighted by atomic mass is 10.1.